The zero-order valence-electron chi connectivity index (χ0n) is 10.7. The summed E-state index contributed by atoms with van der Waals surface area (Å²) in [6.45, 7) is 10.5. The predicted octanol–water partition coefficient (Wildman–Crippen LogP) is 4.38. The summed E-state index contributed by atoms with van der Waals surface area (Å²) in [7, 11) is 0. The molecule has 0 fully saturated rings. The molecule has 2 heteroatoms. The van der Waals surface area contributed by atoms with Gasteiger partial charge < -0.3 is 0 Å². The Bertz CT molecular complexity index is 407. The van der Waals surface area contributed by atoms with Crippen molar-refractivity contribution in [1.82, 2.24) is 0 Å². The van der Waals surface area contributed by atoms with Crippen molar-refractivity contribution in [2.24, 2.45) is 0 Å². The Morgan fingerprint density at radius 1 is 1.12 bits per heavy atom. The Balaban J connectivity index is 3.02. The van der Waals surface area contributed by atoms with Crippen LogP contribution in [0.15, 0.2) is 29.2 Å². The third-order valence-electron chi connectivity index (χ3n) is 2.26. The van der Waals surface area contributed by atoms with Crippen molar-refractivity contribution in [3.63, 3.8) is 0 Å². The highest BCUT2D eigenvalue weighted by Gasteiger charge is 2.20. The quantitative estimate of drug-likeness (QED) is 0.708. The monoisotopic (exact) mass is 233 g/mol. The van der Waals surface area contributed by atoms with Gasteiger partial charge >= 0.3 is 0 Å². The average Bonchev–Trinajstić information content (AvgIpc) is 2.15. The number of nitriles is 1. The van der Waals surface area contributed by atoms with Crippen molar-refractivity contribution in [3.05, 3.63) is 29.8 Å². The zero-order chi connectivity index (χ0) is 12.4. The predicted molar refractivity (Wildman–Crippen MR) is 70.7 cm³/mol. The van der Waals surface area contributed by atoms with Crippen molar-refractivity contribution in [2.75, 3.05) is 0 Å². The lowest BCUT2D eigenvalue weighted by molar-refractivity contribution is 0.684. The second kappa shape index (κ2) is 4.51. The minimum absolute atomic E-state index is 0.204. The van der Waals surface area contributed by atoms with E-state index >= 15 is 0 Å². The summed E-state index contributed by atoms with van der Waals surface area (Å²) in [5.74, 6) is 0. The van der Waals surface area contributed by atoms with Gasteiger partial charge in [0, 0.05) is 9.64 Å². The molecule has 86 valence electrons. The maximum Gasteiger partial charge on any atom is 0.0766 e. The van der Waals surface area contributed by atoms with E-state index in [-0.39, 0.29) is 4.75 Å². The van der Waals surface area contributed by atoms with E-state index in [2.05, 4.69) is 39.0 Å². The SMILES string of the molecule is CC(C)(C)Sc1cccc(C(C)(C)C#N)c1. The second-order valence-corrected chi connectivity index (χ2v) is 7.38. The van der Waals surface area contributed by atoms with Gasteiger partial charge in [0.05, 0.1) is 11.5 Å². The number of rotatable bonds is 2. The average molecular weight is 233 g/mol. The maximum atomic E-state index is 9.11. The Morgan fingerprint density at radius 2 is 1.75 bits per heavy atom. The van der Waals surface area contributed by atoms with Crippen molar-refractivity contribution in [2.45, 2.75) is 49.7 Å². The van der Waals surface area contributed by atoms with Gasteiger partial charge in [-0.25, -0.2) is 0 Å². The van der Waals surface area contributed by atoms with E-state index in [1.165, 1.54) is 4.90 Å². The number of benzene rings is 1. The molecular formula is C14H19NS. The van der Waals surface area contributed by atoms with E-state index in [0.717, 1.165) is 5.56 Å². The molecule has 1 nitrogen and oxygen atoms in total. The Labute approximate surface area is 103 Å². The summed E-state index contributed by atoms with van der Waals surface area (Å²) in [5, 5.41) is 9.11. The highest BCUT2D eigenvalue weighted by Crippen LogP contribution is 2.34. The molecule has 0 spiro atoms. The van der Waals surface area contributed by atoms with Crippen LogP contribution in [0.2, 0.25) is 0 Å². The van der Waals surface area contributed by atoms with E-state index in [1.807, 2.05) is 37.7 Å². The van der Waals surface area contributed by atoms with Crippen LogP contribution in [-0.2, 0) is 5.41 Å². The van der Waals surface area contributed by atoms with E-state index in [0.29, 0.717) is 0 Å². The van der Waals surface area contributed by atoms with Crippen LogP contribution in [0.5, 0.6) is 0 Å². The highest BCUT2D eigenvalue weighted by molar-refractivity contribution is 8.00. The fourth-order valence-corrected chi connectivity index (χ4v) is 2.41. The molecule has 0 saturated heterocycles. The van der Waals surface area contributed by atoms with Gasteiger partial charge in [-0.3, -0.25) is 0 Å². The Hall–Kier alpha value is -0.940. The summed E-state index contributed by atoms with van der Waals surface area (Å²) >= 11 is 1.83. The number of nitrogens with zero attached hydrogens (tertiary/aromatic N) is 1. The Morgan fingerprint density at radius 3 is 2.25 bits per heavy atom. The standard InChI is InChI=1S/C14H19NS/c1-13(2,3)16-12-8-6-7-11(9-12)14(4,5)10-15/h6-9H,1-5H3. The topological polar surface area (TPSA) is 23.8 Å². The van der Waals surface area contributed by atoms with Crippen molar-refractivity contribution in [3.8, 4) is 6.07 Å². The van der Waals surface area contributed by atoms with Crippen LogP contribution in [0.4, 0.5) is 0 Å². The molecule has 1 rings (SSSR count). The first kappa shape index (κ1) is 13.1. The minimum atomic E-state index is -0.408. The van der Waals surface area contributed by atoms with Gasteiger partial charge in [-0.05, 0) is 31.5 Å². The fraction of sp³-hybridized carbons (Fsp3) is 0.500. The number of thioether (sulfide) groups is 1. The van der Waals surface area contributed by atoms with Gasteiger partial charge in [-0.1, -0.05) is 32.9 Å². The van der Waals surface area contributed by atoms with Gasteiger partial charge in [-0.2, -0.15) is 5.26 Å². The fourth-order valence-electron chi connectivity index (χ4n) is 1.37. The molecule has 0 aromatic heterocycles. The van der Waals surface area contributed by atoms with E-state index < -0.39 is 5.41 Å². The lowest BCUT2D eigenvalue weighted by Gasteiger charge is -2.20. The molecule has 0 aliphatic heterocycles. The molecule has 16 heavy (non-hydrogen) atoms. The van der Waals surface area contributed by atoms with Crippen LogP contribution in [0.3, 0.4) is 0 Å². The molecule has 0 unspecified atom stereocenters. The van der Waals surface area contributed by atoms with Gasteiger partial charge in [0.2, 0.25) is 0 Å². The molecule has 1 aromatic carbocycles. The van der Waals surface area contributed by atoms with Gasteiger partial charge in [-0.15, -0.1) is 11.8 Å². The third-order valence-corrected chi connectivity index (χ3v) is 3.36. The molecule has 1 aromatic rings. The van der Waals surface area contributed by atoms with Gasteiger partial charge in [0.15, 0.2) is 0 Å². The molecule has 0 aliphatic rings. The molecular weight excluding hydrogens is 214 g/mol. The molecule has 0 aliphatic carbocycles. The zero-order valence-corrected chi connectivity index (χ0v) is 11.5. The summed E-state index contributed by atoms with van der Waals surface area (Å²) in [5.41, 5.74) is 0.679. The van der Waals surface area contributed by atoms with Crippen LogP contribution >= 0.6 is 11.8 Å². The van der Waals surface area contributed by atoms with Crippen molar-refractivity contribution < 1.29 is 0 Å². The van der Waals surface area contributed by atoms with E-state index in [4.69, 9.17) is 5.26 Å². The second-order valence-electron chi connectivity index (χ2n) is 5.48. The normalized spacial score (nSPS) is 12.2. The molecule has 0 saturated carbocycles. The third kappa shape index (κ3) is 3.57. The van der Waals surface area contributed by atoms with Crippen LogP contribution < -0.4 is 0 Å². The van der Waals surface area contributed by atoms with Crippen LogP contribution in [0.25, 0.3) is 0 Å². The first-order valence-corrected chi connectivity index (χ1v) is 6.27. The highest BCUT2D eigenvalue weighted by atomic mass is 32.2. The van der Waals surface area contributed by atoms with E-state index in [9.17, 15) is 0 Å². The van der Waals surface area contributed by atoms with E-state index in [1.54, 1.807) is 0 Å². The van der Waals surface area contributed by atoms with Crippen molar-refractivity contribution in [1.29, 1.82) is 5.26 Å². The van der Waals surface area contributed by atoms with Gasteiger partial charge in [0.1, 0.15) is 0 Å². The molecule has 0 heterocycles. The molecule has 0 atom stereocenters. The van der Waals surface area contributed by atoms with Crippen LogP contribution in [-0.4, -0.2) is 4.75 Å². The Kier molecular flexibility index (Phi) is 3.70. The summed E-state index contributed by atoms with van der Waals surface area (Å²) < 4.78 is 0.204. The number of hydrogen-bond donors (Lipinski definition) is 0. The maximum absolute atomic E-state index is 9.11. The smallest absolute Gasteiger partial charge is 0.0766 e. The lowest BCUT2D eigenvalue weighted by atomic mass is 9.86. The summed E-state index contributed by atoms with van der Waals surface area (Å²) in [4.78, 5) is 1.23. The first-order valence-electron chi connectivity index (χ1n) is 5.45. The largest absolute Gasteiger partial charge is 0.197 e. The lowest BCUT2D eigenvalue weighted by Crippen LogP contribution is -2.14. The van der Waals surface area contributed by atoms with Gasteiger partial charge in [0.25, 0.3) is 0 Å². The number of hydrogen-bond acceptors (Lipinski definition) is 2. The molecule has 0 amide bonds. The minimum Gasteiger partial charge on any atom is -0.197 e. The van der Waals surface area contributed by atoms with Crippen LogP contribution in [0.1, 0.15) is 40.2 Å². The van der Waals surface area contributed by atoms with Crippen molar-refractivity contribution >= 4 is 11.8 Å². The first-order chi connectivity index (χ1) is 7.24. The summed E-state index contributed by atoms with van der Waals surface area (Å²) in [6.07, 6.45) is 0. The van der Waals surface area contributed by atoms with Crippen LogP contribution in [0, 0.1) is 11.3 Å². The summed E-state index contributed by atoms with van der Waals surface area (Å²) in [6, 6.07) is 10.6. The molecule has 0 radical (unpaired) electrons. The molecule has 0 N–H and O–H groups in total. The molecule has 0 bridgehead atoms.